The Morgan fingerprint density at radius 3 is 1.35 bits per heavy atom. The second-order valence-electron chi connectivity index (χ2n) is 14.2. The minimum absolute atomic E-state index is 0.0219. The van der Waals surface area contributed by atoms with Gasteiger partial charge in [-0.3, -0.25) is 9.59 Å². The average Bonchev–Trinajstić information content (AvgIpc) is 2.81. The number of nitrogens with one attached hydrogen (secondary N) is 2. The minimum Gasteiger partial charge on any atom is -0.507 e. The lowest BCUT2D eigenvalue weighted by atomic mass is 9.78. The van der Waals surface area contributed by atoms with E-state index in [1.54, 1.807) is 0 Å². The van der Waals surface area contributed by atoms with Gasteiger partial charge in [0.1, 0.15) is 11.5 Å². The van der Waals surface area contributed by atoms with Crippen LogP contribution in [-0.4, -0.2) is 35.1 Å². The lowest BCUT2D eigenvalue weighted by Gasteiger charge is -2.28. The van der Waals surface area contributed by atoms with E-state index in [0.29, 0.717) is 56.7 Å². The van der Waals surface area contributed by atoms with Crippen molar-refractivity contribution in [2.45, 2.75) is 118 Å². The van der Waals surface area contributed by atoms with Crippen molar-refractivity contribution < 1.29 is 19.8 Å². The maximum Gasteiger partial charge on any atom is 0.220 e. The van der Waals surface area contributed by atoms with Crippen molar-refractivity contribution in [1.82, 2.24) is 10.6 Å². The van der Waals surface area contributed by atoms with Crippen molar-refractivity contribution in [2.75, 3.05) is 13.1 Å². The fraction of sp³-hybridized carbons (Fsp3) is 0.588. The van der Waals surface area contributed by atoms with E-state index in [-0.39, 0.29) is 28.1 Å². The van der Waals surface area contributed by atoms with E-state index in [1.165, 1.54) is 0 Å². The number of phenols is 2. The highest BCUT2D eigenvalue weighted by atomic mass is 16.3. The number of carbonyl (C=O) groups is 2. The Balaban J connectivity index is 1.79. The maximum atomic E-state index is 12.5. The van der Waals surface area contributed by atoms with Gasteiger partial charge in [-0.2, -0.15) is 0 Å². The summed E-state index contributed by atoms with van der Waals surface area (Å²) >= 11 is 0. The molecule has 0 aliphatic heterocycles. The van der Waals surface area contributed by atoms with E-state index < -0.39 is 0 Å². The molecule has 0 saturated heterocycles. The van der Waals surface area contributed by atoms with Crippen LogP contribution in [0.3, 0.4) is 0 Å². The molecular formula is C34H52N2O4. The molecule has 6 nitrogen and oxygen atoms in total. The fourth-order valence-corrected chi connectivity index (χ4v) is 4.79. The van der Waals surface area contributed by atoms with Crippen LogP contribution in [0.5, 0.6) is 11.5 Å². The third kappa shape index (κ3) is 9.57. The molecule has 0 unspecified atom stereocenters. The van der Waals surface area contributed by atoms with E-state index in [1.807, 2.05) is 31.2 Å². The van der Waals surface area contributed by atoms with Crippen molar-refractivity contribution in [1.29, 1.82) is 0 Å². The quantitative estimate of drug-likeness (QED) is 0.253. The molecule has 0 bridgehead atoms. The predicted octanol–water partition coefficient (Wildman–Crippen LogP) is 6.49. The van der Waals surface area contributed by atoms with Crippen LogP contribution in [-0.2, 0) is 38.7 Å². The Morgan fingerprint density at radius 2 is 0.975 bits per heavy atom. The third-order valence-electron chi connectivity index (χ3n) is 7.23. The number of hydrogen-bond acceptors (Lipinski definition) is 4. The smallest absolute Gasteiger partial charge is 0.220 e. The van der Waals surface area contributed by atoms with Crippen LogP contribution in [0, 0.1) is 6.92 Å². The number of amides is 2. The van der Waals surface area contributed by atoms with E-state index in [2.05, 4.69) is 72.9 Å². The van der Waals surface area contributed by atoms with Gasteiger partial charge < -0.3 is 20.8 Å². The highest BCUT2D eigenvalue weighted by Crippen LogP contribution is 2.40. The summed E-state index contributed by atoms with van der Waals surface area (Å²) in [4.78, 5) is 24.8. The number of benzene rings is 2. The lowest BCUT2D eigenvalue weighted by molar-refractivity contribution is -0.121. The number of rotatable bonds is 10. The summed E-state index contributed by atoms with van der Waals surface area (Å²) < 4.78 is 0. The van der Waals surface area contributed by atoms with E-state index in [9.17, 15) is 19.8 Å². The predicted molar refractivity (Wildman–Crippen MR) is 164 cm³/mol. The summed E-state index contributed by atoms with van der Waals surface area (Å²) in [6.45, 7) is 21.6. The Labute approximate surface area is 242 Å². The molecule has 222 valence electrons. The molecule has 2 aromatic carbocycles. The van der Waals surface area contributed by atoms with Gasteiger partial charge in [0.15, 0.2) is 0 Å². The first-order valence-electron chi connectivity index (χ1n) is 14.5. The molecular weight excluding hydrogens is 500 g/mol. The van der Waals surface area contributed by atoms with Crippen molar-refractivity contribution in [3.05, 3.63) is 57.6 Å². The molecule has 0 fully saturated rings. The molecule has 4 N–H and O–H groups in total. The zero-order valence-electron chi connectivity index (χ0n) is 26.5. The van der Waals surface area contributed by atoms with Gasteiger partial charge in [0.25, 0.3) is 0 Å². The van der Waals surface area contributed by atoms with Crippen molar-refractivity contribution in [3.8, 4) is 11.5 Å². The lowest BCUT2D eigenvalue weighted by Crippen LogP contribution is -2.30. The topological polar surface area (TPSA) is 98.7 Å². The number of carbonyl (C=O) groups excluding carboxylic acids is 2. The average molecular weight is 553 g/mol. The SMILES string of the molecule is Cc1cc(CCC(=O)NCCCNC(=O)CCc2cc(C(C)(C)C)c(O)c(C(C)(C)C)c2)cc(C(C)(C)C)c1O. The summed E-state index contributed by atoms with van der Waals surface area (Å²) in [7, 11) is 0. The monoisotopic (exact) mass is 552 g/mol. The molecule has 2 rings (SSSR count). The summed E-state index contributed by atoms with van der Waals surface area (Å²) in [5.74, 6) is 0.635. The molecule has 0 atom stereocenters. The largest absolute Gasteiger partial charge is 0.507 e. The van der Waals surface area contributed by atoms with Gasteiger partial charge in [-0.15, -0.1) is 0 Å². The van der Waals surface area contributed by atoms with Crippen LogP contribution in [0.2, 0.25) is 0 Å². The van der Waals surface area contributed by atoms with Gasteiger partial charge in [0.2, 0.25) is 11.8 Å². The fourth-order valence-electron chi connectivity index (χ4n) is 4.79. The highest BCUT2D eigenvalue weighted by Gasteiger charge is 2.26. The van der Waals surface area contributed by atoms with Gasteiger partial charge in [-0.25, -0.2) is 0 Å². The van der Waals surface area contributed by atoms with E-state index in [4.69, 9.17) is 0 Å². The molecule has 0 saturated carbocycles. The van der Waals surface area contributed by atoms with Crippen LogP contribution < -0.4 is 10.6 Å². The number of aromatic hydroxyl groups is 2. The zero-order valence-corrected chi connectivity index (χ0v) is 26.5. The number of phenolic OH excluding ortho intramolecular Hbond substituents is 2. The normalized spacial score (nSPS) is 12.3. The highest BCUT2D eigenvalue weighted by molar-refractivity contribution is 5.77. The Bertz CT molecular complexity index is 1160. The molecule has 0 spiro atoms. The number of hydrogen-bond donors (Lipinski definition) is 4. The summed E-state index contributed by atoms with van der Waals surface area (Å²) in [5, 5.41) is 27.2. The molecule has 0 aliphatic rings. The van der Waals surface area contributed by atoms with Crippen LogP contribution in [0.4, 0.5) is 0 Å². The van der Waals surface area contributed by atoms with E-state index in [0.717, 1.165) is 33.4 Å². The molecule has 0 aromatic heterocycles. The number of aryl methyl sites for hydroxylation is 3. The molecule has 0 heterocycles. The molecule has 40 heavy (non-hydrogen) atoms. The van der Waals surface area contributed by atoms with Gasteiger partial charge in [0.05, 0.1) is 0 Å². The molecule has 2 amide bonds. The Morgan fingerprint density at radius 1 is 0.625 bits per heavy atom. The zero-order chi connectivity index (χ0) is 30.5. The molecule has 6 heteroatoms. The standard InChI is InChI=1S/C34H52N2O4/c1-22-18-23(19-25(30(22)39)32(2,3)4)12-14-28(37)35-16-11-17-36-29(38)15-13-24-20-26(33(5,6)7)31(40)27(21-24)34(8,9)10/h18-21,39-40H,11-17H2,1-10H3,(H,35,37)(H,36,38). The first-order valence-corrected chi connectivity index (χ1v) is 14.5. The van der Waals surface area contributed by atoms with Crippen molar-refractivity contribution >= 4 is 11.8 Å². The van der Waals surface area contributed by atoms with Crippen molar-refractivity contribution in [2.24, 2.45) is 0 Å². The molecule has 0 aliphatic carbocycles. The van der Waals surface area contributed by atoms with E-state index >= 15 is 0 Å². The summed E-state index contributed by atoms with van der Waals surface area (Å²) in [6.07, 6.45) is 2.61. The molecule has 0 radical (unpaired) electrons. The summed E-state index contributed by atoms with van der Waals surface area (Å²) in [5.41, 5.74) is 5.04. The van der Waals surface area contributed by atoms with Crippen LogP contribution >= 0.6 is 0 Å². The molecule has 2 aromatic rings. The van der Waals surface area contributed by atoms with Gasteiger partial charge >= 0.3 is 0 Å². The summed E-state index contributed by atoms with van der Waals surface area (Å²) in [6, 6.07) is 7.99. The Hall–Kier alpha value is -3.02. The minimum atomic E-state index is -0.203. The third-order valence-corrected chi connectivity index (χ3v) is 7.23. The first kappa shape index (κ1) is 33.2. The maximum absolute atomic E-state index is 12.5. The van der Waals surface area contributed by atoms with Gasteiger partial charge in [-0.1, -0.05) is 86.6 Å². The van der Waals surface area contributed by atoms with Gasteiger partial charge in [0, 0.05) is 25.9 Å². The van der Waals surface area contributed by atoms with Crippen molar-refractivity contribution in [3.63, 3.8) is 0 Å². The van der Waals surface area contributed by atoms with Crippen LogP contribution in [0.1, 0.15) is 115 Å². The second-order valence-corrected chi connectivity index (χ2v) is 14.2. The van der Waals surface area contributed by atoms with Crippen LogP contribution in [0.15, 0.2) is 24.3 Å². The van der Waals surface area contributed by atoms with Gasteiger partial charge in [-0.05, 0) is 75.8 Å². The Kier molecular flexibility index (Phi) is 10.9. The van der Waals surface area contributed by atoms with Crippen LogP contribution in [0.25, 0.3) is 0 Å². The first-order chi connectivity index (χ1) is 18.3. The second kappa shape index (κ2) is 13.1.